The van der Waals surface area contributed by atoms with Crippen LogP contribution in [0.4, 0.5) is 4.79 Å². The number of primary amides is 1. The van der Waals surface area contributed by atoms with E-state index in [0.717, 1.165) is 5.56 Å². The average Bonchev–Trinajstić information content (AvgIpc) is 2.16. The van der Waals surface area contributed by atoms with Crippen LogP contribution in [0.25, 0.3) is 0 Å². The Morgan fingerprint density at radius 1 is 1.40 bits per heavy atom. The second-order valence-electron chi connectivity index (χ2n) is 3.62. The predicted molar refractivity (Wildman–Crippen MR) is 54.9 cm³/mol. The van der Waals surface area contributed by atoms with Crippen LogP contribution in [0.1, 0.15) is 25.0 Å². The molecule has 0 aromatic heterocycles. The number of nitriles is 1. The van der Waals surface area contributed by atoms with E-state index >= 15 is 0 Å². The van der Waals surface area contributed by atoms with Crippen LogP contribution >= 0.6 is 0 Å². The highest BCUT2D eigenvalue weighted by molar-refractivity contribution is 5.65. The zero-order chi connectivity index (χ0) is 11.5. The maximum Gasteiger partial charge on any atom is 0.405 e. The second-order valence-corrected chi connectivity index (χ2v) is 3.62. The van der Waals surface area contributed by atoms with E-state index < -0.39 is 11.7 Å². The molecular weight excluding hydrogens is 192 g/mol. The Bertz CT molecular complexity index is 402. The molecule has 0 bridgehead atoms. The first kappa shape index (κ1) is 11.1. The van der Waals surface area contributed by atoms with Gasteiger partial charge in [0, 0.05) is 0 Å². The summed E-state index contributed by atoms with van der Waals surface area (Å²) >= 11 is 0. The first-order chi connectivity index (χ1) is 6.95. The van der Waals surface area contributed by atoms with E-state index in [2.05, 4.69) is 0 Å². The first-order valence-electron chi connectivity index (χ1n) is 4.45. The minimum atomic E-state index is -0.815. The van der Waals surface area contributed by atoms with Crippen molar-refractivity contribution >= 4 is 6.09 Å². The highest BCUT2D eigenvalue weighted by Crippen LogP contribution is 2.24. The van der Waals surface area contributed by atoms with Crippen LogP contribution in [0, 0.1) is 11.3 Å². The third-order valence-corrected chi connectivity index (χ3v) is 2.06. The lowest BCUT2D eigenvalue weighted by Gasteiger charge is -2.24. The van der Waals surface area contributed by atoms with E-state index in [1.54, 1.807) is 38.1 Å². The van der Waals surface area contributed by atoms with Gasteiger partial charge in [0.25, 0.3) is 0 Å². The number of hydrogen-bond donors (Lipinski definition) is 1. The molecule has 4 heteroatoms. The molecule has 0 unspecified atom stereocenters. The smallest absolute Gasteiger partial charge is 0.405 e. The van der Waals surface area contributed by atoms with Crippen LogP contribution < -0.4 is 5.73 Å². The number of carbonyl (C=O) groups is 1. The van der Waals surface area contributed by atoms with Crippen LogP contribution in [0.5, 0.6) is 0 Å². The standard InChI is InChI=1S/C11H12N2O2/c1-11(2,15-10(13)14)9-5-3-8(7-12)4-6-9/h3-6H,1-2H3,(H2,13,14). The van der Waals surface area contributed by atoms with Crippen LogP contribution in [0.2, 0.25) is 0 Å². The van der Waals surface area contributed by atoms with Gasteiger partial charge in [0.2, 0.25) is 0 Å². The van der Waals surface area contributed by atoms with Crippen molar-refractivity contribution in [3.8, 4) is 6.07 Å². The minimum Gasteiger partial charge on any atom is -0.439 e. The molecule has 1 amide bonds. The molecule has 0 saturated carbocycles. The maximum absolute atomic E-state index is 10.7. The molecule has 0 atom stereocenters. The zero-order valence-electron chi connectivity index (χ0n) is 8.65. The molecule has 1 rings (SSSR count). The molecular formula is C11H12N2O2. The topological polar surface area (TPSA) is 76.1 Å². The molecule has 0 heterocycles. The summed E-state index contributed by atoms with van der Waals surface area (Å²) in [5.41, 5.74) is 5.54. The van der Waals surface area contributed by atoms with Gasteiger partial charge in [0.05, 0.1) is 11.6 Å². The number of carbonyl (C=O) groups excluding carboxylic acids is 1. The SMILES string of the molecule is CC(C)(OC(N)=O)c1ccc(C#N)cc1. The molecule has 2 N–H and O–H groups in total. The van der Waals surface area contributed by atoms with Crippen LogP contribution in [0.3, 0.4) is 0 Å². The molecule has 0 aliphatic heterocycles. The summed E-state index contributed by atoms with van der Waals surface area (Å²) in [6, 6.07) is 8.83. The van der Waals surface area contributed by atoms with E-state index in [0.29, 0.717) is 5.56 Å². The molecule has 0 radical (unpaired) electrons. The van der Waals surface area contributed by atoms with Gasteiger partial charge < -0.3 is 10.5 Å². The molecule has 0 fully saturated rings. The molecule has 0 spiro atoms. The van der Waals surface area contributed by atoms with Gasteiger partial charge in [-0.3, -0.25) is 0 Å². The summed E-state index contributed by atoms with van der Waals surface area (Å²) in [4.78, 5) is 10.7. The Hall–Kier alpha value is -2.02. The normalized spacial score (nSPS) is 10.5. The van der Waals surface area contributed by atoms with Crippen molar-refractivity contribution in [1.29, 1.82) is 5.26 Å². The molecule has 0 saturated heterocycles. The fraction of sp³-hybridized carbons (Fsp3) is 0.273. The van der Waals surface area contributed by atoms with Gasteiger partial charge in [0.1, 0.15) is 5.60 Å². The van der Waals surface area contributed by atoms with E-state index in [4.69, 9.17) is 15.7 Å². The van der Waals surface area contributed by atoms with Gasteiger partial charge in [-0.15, -0.1) is 0 Å². The van der Waals surface area contributed by atoms with Crippen molar-refractivity contribution in [3.05, 3.63) is 35.4 Å². The molecule has 0 aliphatic rings. The van der Waals surface area contributed by atoms with Crippen molar-refractivity contribution in [2.75, 3.05) is 0 Å². The summed E-state index contributed by atoms with van der Waals surface area (Å²) < 4.78 is 4.95. The monoisotopic (exact) mass is 204 g/mol. The lowest BCUT2D eigenvalue weighted by atomic mass is 9.97. The molecule has 78 valence electrons. The van der Waals surface area contributed by atoms with Crippen molar-refractivity contribution < 1.29 is 9.53 Å². The molecule has 15 heavy (non-hydrogen) atoms. The van der Waals surface area contributed by atoms with E-state index in [1.165, 1.54) is 0 Å². The molecule has 1 aromatic rings. The lowest BCUT2D eigenvalue weighted by molar-refractivity contribution is 0.0432. The van der Waals surface area contributed by atoms with Crippen LogP contribution in [0.15, 0.2) is 24.3 Å². The number of amides is 1. The van der Waals surface area contributed by atoms with Gasteiger partial charge >= 0.3 is 6.09 Å². The van der Waals surface area contributed by atoms with Crippen molar-refractivity contribution in [2.45, 2.75) is 19.4 Å². The minimum absolute atomic E-state index is 0.564. The average molecular weight is 204 g/mol. The molecule has 1 aromatic carbocycles. The quantitative estimate of drug-likeness (QED) is 0.799. The van der Waals surface area contributed by atoms with E-state index in [9.17, 15) is 4.79 Å². The number of benzene rings is 1. The zero-order valence-corrected chi connectivity index (χ0v) is 8.65. The van der Waals surface area contributed by atoms with Gasteiger partial charge in [0.15, 0.2) is 0 Å². The number of hydrogen-bond acceptors (Lipinski definition) is 3. The second kappa shape index (κ2) is 4.01. The maximum atomic E-state index is 10.7. The highest BCUT2D eigenvalue weighted by atomic mass is 16.6. The molecule has 0 aliphatic carbocycles. The van der Waals surface area contributed by atoms with E-state index in [-0.39, 0.29) is 0 Å². The third-order valence-electron chi connectivity index (χ3n) is 2.06. The number of nitrogens with zero attached hydrogens (tertiary/aromatic N) is 1. The van der Waals surface area contributed by atoms with Gasteiger partial charge in [-0.2, -0.15) is 5.26 Å². The van der Waals surface area contributed by atoms with Crippen molar-refractivity contribution in [2.24, 2.45) is 5.73 Å². The van der Waals surface area contributed by atoms with Gasteiger partial charge in [-0.25, -0.2) is 4.79 Å². The Labute approximate surface area is 88.3 Å². The molecule has 4 nitrogen and oxygen atoms in total. The van der Waals surface area contributed by atoms with Gasteiger partial charge in [-0.05, 0) is 31.5 Å². The fourth-order valence-electron chi connectivity index (χ4n) is 1.26. The largest absolute Gasteiger partial charge is 0.439 e. The van der Waals surface area contributed by atoms with Crippen LogP contribution in [-0.2, 0) is 10.3 Å². The van der Waals surface area contributed by atoms with Crippen molar-refractivity contribution in [1.82, 2.24) is 0 Å². The fourth-order valence-corrected chi connectivity index (χ4v) is 1.26. The summed E-state index contributed by atoms with van der Waals surface area (Å²) in [6.45, 7) is 3.47. The third kappa shape index (κ3) is 2.71. The summed E-state index contributed by atoms with van der Waals surface area (Å²) in [5.74, 6) is 0. The number of rotatable bonds is 2. The Morgan fingerprint density at radius 2 is 1.93 bits per heavy atom. The highest BCUT2D eigenvalue weighted by Gasteiger charge is 2.23. The Balaban J connectivity index is 2.95. The number of ether oxygens (including phenoxy) is 1. The van der Waals surface area contributed by atoms with Gasteiger partial charge in [-0.1, -0.05) is 12.1 Å². The predicted octanol–water partition coefficient (Wildman–Crippen LogP) is 1.89. The summed E-state index contributed by atoms with van der Waals surface area (Å²) in [5, 5.41) is 8.62. The summed E-state index contributed by atoms with van der Waals surface area (Å²) in [7, 11) is 0. The van der Waals surface area contributed by atoms with Crippen LogP contribution in [-0.4, -0.2) is 6.09 Å². The summed E-state index contributed by atoms with van der Waals surface area (Å²) in [6.07, 6.45) is -0.815. The van der Waals surface area contributed by atoms with Crippen molar-refractivity contribution in [3.63, 3.8) is 0 Å². The first-order valence-corrected chi connectivity index (χ1v) is 4.45. The lowest BCUT2D eigenvalue weighted by Crippen LogP contribution is -2.28. The Kier molecular flexibility index (Phi) is 2.96. The van der Waals surface area contributed by atoms with E-state index in [1.807, 2.05) is 6.07 Å². The Morgan fingerprint density at radius 3 is 2.33 bits per heavy atom. The number of nitrogens with two attached hydrogens (primary N) is 1.